The lowest BCUT2D eigenvalue weighted by molar-refractivity contribution is -0.144. The summed E-state index contributed by atoms with van der Waals surface area (Å²) in [6.07, 6.45) is 0.767. The Morgan fingerprint density at radius 3 is 3.00 bits per heavy atom. The molecule has 1 aliphatic heterocycles. The van der Waals surface area contributed by atoms with Gasteiger partial charge in [0.1, 0.15) is 0 Å². The number of carbonyl (C=O) groups is 1. The van der Waals surface area contributed by atoms with Crippen molar-refractivity contribution in [2.75, 3.05) is 25.2 Å². The van der Waals surface area contributed by atoms with Crippen LogP contribution in [0.3, 0.4) is 0 Å². The number of fused-ring (bicyclic) bond motifs is 1. The molecule has 0 fully saturated rings. The molecule has 2 rings (SSSR count). The van der Waals surface area contributed by atoms with Gasteiger partial charge in [-0.15, -0.1) is 0 Å². The van der Waals surface area contributed by atoms with Crippen LogP contribution in [0, 0.1) is 5.92 Å². The van der Waals surface area contributed by atoms with Crippen LogP contribution < -0.4 is 0 Å². The zero-order valence-electron chi connectivity index (χ0n) is 11.8. The number of esters is 1. The fourth-order valence-corrected chi connectivity index (χ4v) is 3.84. The molecule has 20 heavy (non-hydrogen) atoms. The summed E-state index contributed by atoms with van der Waals surface area (Å²) >= 11 is 0. The molecule has 0 aromatic heterocycles. The first kappa shape index (κ1) is 15.2. The number of rotatable bonds is 5. The average molecular weight is 296 g/mol. The van der Waals surface area contributed by atoms with E-state index in [4.69, 9.17) is 4.74 Å². The minimum absolute atomic E-state index is 0.134. The first-order valence-corrected chi connectivity index (χ1v) is 8.23. The molecule has 0 spiro atoms. The molecule has 0 saturated heterocycles. The topological polar surface area (TPSA) is 52.6 Å². The summed E-state index contributed by atoms with van der Waals surface area (Å²) in [6, 6.07) is 8.10. The molecule has 0 N–H and O–H groups in total. The van der Waals surface area contributed by atoms with Crippen molar-refractivity contribution < 1.29 is 18.5 Å². The van der Waals surface area contributed by atoms with Crippen molar-refractivity contribution in [2.24, 2.45) is 5.92 Å². The Balaban J connectivity index is 1.97. The predicted molar refractivity (Wildman–Crippen MR) is 77.9 cm³/mol. The van der Waals surface area contributed by atoms with Crippen LogP contribution in [0.5, 0.6) is 0 Å². The van der Waals surface area contributed by atoms with Crippen LogP contribution in [-0.2, 0) is 31.5 Å². The molecule has 0 aliphatic carbocycles. The molecular formula is C15H20O4S. The maximum Gasteiger partial charge on any atom is 0.309 e. The third kappa shape index (κ3) is 3.67. The number of benzene rings is 1. The molecule has 0 saturated carbocycles. The molecule has 1 aliphatic rings. The predicted octanol–water partition coefficient (Wildman–Crippen LogP) is 1.86. The number of hydrogen-bond acceptors (Lipinski definition) is 4. The van der Waals surface area contributed by atoms with Gasteiger partial charge in [-0.25, -0.2) is 0 Å². The third-order valence-corrected chi connectivity index (χ3v) is 5.02. The van der Waals surface area contributed by atoms with Crippen LogP contribution in [-0.4, -0.2) is 35.4 Å². The minimum Gasteiger partial charge on any atom is -0.469 e. The quantitative estimate of drug-likeness (QED) is 0.778. The summed E-state index contributed by atoms with van der Waals surface area (Å²) in [5, 5.41) is 0. The van der Waals surface area contributed by atoms with E-state index in [1.54, 1.807) is 6.92 Å². The van der Waals surface area contributed by atoms with Crippen LogP contribution in [0.2, 0.25) is 0 Å². The molecule has 3 atom stereocenters. The van der Waals surface area contributed by atoms with Gasteiger partial charge in [0.2, 0.25) is 0 Å². The monoisotopic (exact) mass is 296 g/mol. The Morgan fingerprint density at radius 1 is 1.50 bits per heavy atom. The Kier molecular flexibility index (Phi) is 5.31. The fourth-order valence-electron chi connectivity index (χ4n) is 2.40. The second-order valence-electron chi connectivity index (χ2n) is 5.01. The van der Waals surface area contributed by atoms with Crippen LogP contribution in [0.1, 0.15) is 24.2 Å². The highest BCUT2D eigenvalue weighted by atomic mass is 32.2. The summed E-state index contributed by atoms with van der Waals surface area (Å²) < 4.78 is 22.6. The molecule has 1 heterocycles. The van der Waals surface area contributed by atoms with E-state index in [2.05, 4.69) is 10.8 Å². The van der Waals surface area contributed by atoms with E-state index in [1.165, 1.54) is 12.7 Å². The molecule has 4 nitrogen and oxygen atoms in total. The largest absolute Gasteiger partial charge is 0.469 e. The Bertz CT molecular complexity index is 500. The summed E-state index contributed by atoms with van der Waals surface area (Å²) in [5.74, 6) is 0.0792. The molecule has 5 heteroatoms. The van der Waals surface area contributed by atoms with E-state index < -0.39 is 10.8 Å². The minimum atomic E-state index is -1.10. The first-order valence-electron chi connectivity index (χ1n) is 6.74. The number of methoxy groups -OCH3 is 1. The molecule has 110 valence electrons. The SMILES string of the molecule is COC(=O)C(C)CS(=O)CC1OCCc2ccccc21. The third-order valence-electron chi connectivity index (χ3n) is 3.47. The van der Waals surface area contributed by atoms with E-state index in [1.807, 2.05) is 18.2 Å². The highest BCUT2D eigenvalue weighted by molar-refractivity contribution is 7.85. The van der Waals surface area contributed by atoms with Gasteiger partial charge in [0.05, 0.1) is 31.5 Å². The zero-order chi connectivity index (χ0) is 14.5. The Hall–Kier alpha value is -1.20. The summed E-state index contributed by atoms with van der Waals surface area (Å²) in [6.45, 7) is 2.39. The van der Waals surface area contributed by atoms with Crippen LogP contribution in [0.4, 0.5) is 0 Å². The van der Waals surface area contributed by atoms with E-state index >= 15 is 0 Å². The van der Waals surface area contributed by atoms with Crippen molar-refractivity contribution in [3.05, 3.63) is 35.4 Å². The van der Waals surface area contributed by atoms with Gasteiger partial charge in [-0.1, -0.05) is 31.2 Å². The molecule has 3 unspecified atom stereocenters. The standard InChI is InChI=1S/C15H20O4S/c1-11(15(16)18-2)9-20(17)10-14-13-6-4-3-5-12(13)7-8-19-14/h3-6,11,14H,7-10H2,1-2H3. The van der Waals surface area contributed by atoms with Gasteiger partial charge in [-0.2, -0.15) is 0 Å². The zero-order valence-corrected chi connectivity index (χ0v) is 12.7. The second-order valence-corrected chi connectivity index (χ2v) is 6.55. The van der Waals surface area contributed by atoms with Gasteiger partial charge in [-0.3, -0.25) is 9.00 Å². The molecule has 0 amide bonds. The molecule has 0 bridgehead atoms. The number of ether oxygens (including phenoxy) is 2. The lowest BCUT2D eigenvalue weighted by Crippen LogP contribution is -2.25. The van der Waals surface area contributed by atoms with E-state index in [0.717, 1.165) is 12.0 Å². The molecular weight excluding hydrogens is 276 g/mol. The van der Waals surface area contributed by atoms with Gasteiger partial charge in [0.25, 0.3) is 0 Å². The first-order chi connectivity index (χ1) is 9.61. The molecule has 1 aromatic carbocycles. The number of carbonyl (C=O) groups excluding carboxylic acids is 1. The van der Waals surface area contributed by atoms with Crippen molar-refractivity contribution in [3.63, 3.8) is 0 Å². The fraction of sp³-hybridized carbons (Fsp3) is 0.533. The lowest BCUT2D eigenvalue weighted by Gasteiger charge is -2.26. The highest BCUT2D eigenvalue weighted by Crippen LogP contribution is 2.27. The second kappa shape index (κ2) is 6.99. The van der Waals surface area contributed by atoms with Crippen molar-refractivity contribution in [1.29, 1.82) is 0 Å². The van der Waals surface area contributed by atoms with Crippen molar-refractivity contribution in [1.82, 2.24) is 0 Å². The van der Waals surface area contributed by atoms with E-state index in [-0.39, 0.29) is 18.0 Å². The smallest absolute Gasteiger partial charge is 0.309 e. The Morgan fingerprint density at radius 2 is 2.25 bits per heavy atom. The molecule has 1 aromatic rings. The van der Waals surface area contributed by atoms with Gasteiger partial charge in [-0.05, 0) is 17.5 Å². The van der Waals surface area contributed by atoms with Gasteiger partial charge >= 0.3 is 5.97 Å². The number of hydrogen-bond donors (Lipinski definition) is 0. The van der Waals surface area contributed by atoms with E-state index in [0.29, 0.717) is 18.1 Å². The average Bonchev–Trinajstić information content (AvgIpc) is 2.46. The normalized spacial score (nSPS) is 20.8. The van der Waals surface area contributed by atoms with Gasteiger partial charge in [0, 0.05) is 16.6 Å². The van der Waals surface area contributed by atoms with Crippen molar-refractivity contribution >= 4 is 16.8 Å². The van der Waals surface area contributed by atoms with Crippen LogP contribution in [0.15, 0.2) is 24.3 Å². The Labute approximate surface area is 121 Å². The van der Waals surface area contributed by atoms with Gasteiger partial charge in [0.15, 0.2) is 0 Å². The lowest BCUT2D eigenvalue weighted by atomic mass is 9.99. The highest BCUT2D eigenvalue weighted by Gasteiger charge is 2.24. The van der Waals surface area contributed by atoms with Gasteiger partial charge < -0.3 is 9.47 Å². The van der Waals surface area contributed by atoms with E-state index in [9.17, 15) is 9.00 Å². The maximum atomic E-state index is 12.2. The molecule has 0 radical (unpaired) electrons. The van der Waals surface area contributed by atoms with Crippen molar-refractivity contribution in [3.8, 4) is 0 Å². The maximum absolute atomic E-state index is 12.2. The van der Waals surface area contributed by atoms with Crippen LogP contribution >= 0.6 is 0 Å². The van der Waals surface area contributed by atoms with Crippen molar-refractivity contribution in [2.45, 2.75) is 19.4 Å². The summed E-state index contributed by atoms with van der Waals surface area (Å²) in [4.78, 5) is 11.3. The van der Waals surface area contributed by atoms with Crippen LogP contribution in [0.25, 0.3) is 0 Å². The summed E-state index contributed by atoms with van der Waals surface area (Å²) in [5.41, 5.74) is 2.39. The summed E-state index contributed by atoms with van der Waals surface area (Å²) in [7, 11) is 0.246.